The van der Waals surface area contributed by atoms with Crippen LogP contribution in [0.4, 0.5) is 5.69 Å². The average Bonchev–Trinajstić information content (AvgIpc) is 3.16. The Balaban J connectivity index is 0.00000176. The molecule has 3 rings (SSSR count). The molecule has 22 heavy (non-hydrogen) atoms. The molecular formula is C19H32N2O. The smallest absolute Gasteiger partial charge is 0.142 e. The van der Waals surface area contributed by atoms with Crippen LogP contribution in [0.25, 0.3) is 0 Å². The van der Waals surface area contributed by atoms with Gasteiger partial charge in [0.2, 0.25) is 0 Å². The van der Waals surface area contributed by atoms with Gasteiger partial charge in [0.15, 0.2) is 0 Å². The number of aryl methyl sites for hydroxylation is 1. The number of anilines is 1. The van der Waals surface area contributed by atoms with Gasteiger partial charge in [-0.05, 0) is 74.4 Å². The van der Waals surface area contributed by atoms with Crippen molar-refractivity contribution in [3.63, 3.8) is 0 Å². The van der Waals surface area contributed by atoms with Crippen LogP contribution in [0.15, 0.2) is 12.1 Å². The van der Waals surface area contributed by atoms with E-state index in [0.717, 1.165) is 24.5 Å². The van der Waals surface area contributed by atoms with Gasteiger partial charge in [-0.3, -0.25) is 0 Å². The van der Waals surface area contributed by atoms with Gasteiger partial charge in [-0.15, -0.1) is 0 Å². The highest BCUT2D eigenvalue weighted by molar-refractivity contribution is 5.58. The van der Waals surface area contributed by atoms with Crippen LogP contribution in [0, 0.1) is 12.3 Å². The van der Waals surface area contributed by atoms with E-state index in [4.69, 9.17) is 10.5 Å². The third kappa shape index (κ3) is 3.40. The molecule has 1 saturated carbocycles. The van der Waals surface area contributed by atoms with Crippen LogP contribution in [0.1, 0.15) is 57.6 Å². The van der Waals surface area contributed by atoms with E-state index >= 15 is 0 Å². The molecule has 0 radical (unpaired) electrons. The molecule has 3 heteroatoms. The van der Waals surface area contributed by atoms with Crippen molar-refractivity contribution in [2.24, 2.45) is 5.41 Å². The van der Waals surface area contributed by atoms with Crippen LogP contribution >= 0.6 is 0 Å². The molecule has 1 aromatic rings. The van der Waals surface area contributed by atoms with Crippen LogP contribution in [-0.2, 0) is 0 Å². The van der Waals surface area contributed by atoms with E-state index in [0.29, 0.717) is 12.0 Å². The Morgan fingerprint density at radius 2 is 1.91 bits per heavy atom. The van der Waals surface area contributed by atoms with E-state index in [1.165, 1.54) is 30.4 Å². The maximum absolute atomic E-state index is 6.15. The van der Waals surface area contributed by atoms with Gasteiger partial charge in [-0.1, -0.05) is 21.3 Å². The summed E-state index contributed by atoms with van der Waals surface area (Å²) in [5.74, 6) is 1.48. The molecule has 2 N–H and O–H groups in total. The minimum atomic E-state index is 0. The molecule has 0 spiro atoms. The van der Waals surface area contributed by atoms with Gasteiger partial charge in [-0.2, -0.15) is 0 Å². The quantitative estimate of drug-likeness (QED) is 0.851. The SMILES string of the molecule is C.Cc1cc(N)c(OC2CC2)cc1C1CCN(C)CC1(C)C. The largest absolute Gasteiger partial charge is 0.488 e. The molecule has 1 unspecified atom stereocenters. The molecule has 0 aromatic heterocycles. The number of likely N-dealkylation sites (tertiary alicyclic amines) is 1. The summed E-state index contributed by atoms with van der Waals surface area (Å²) in [5.41, 5.74) is 9.95. The number of piperidine rings is 1. The van der Waals surface area contributed by atoms with E-state index < -0.39 is 0 Å². The van der Waals surface area contributed by atoms with Crippen LogP contribution in [0.5, 0.6) is 5.75 Å². The number of hydrogen-bond donors (Lipinski definition) is 1. The van der Waals surface area contributed by atoms with Crippen molar-refractivity contribution in [1.29, 1.82) is 0 Å². The van der Waals surface area contributed by atoms with Crippen LogP contribution in [-0.4, -0.2) is 31.1 Å². The molecule has 124 valence electrons. The van der Waals surface area contributed by atoms with E-state index in [-0.39, 0.29) is 12.8 Å². The maximum atomic E-state index is 6.15. The zero-order valence-electron chi connectivity index (χ0n) is 13.8. The Morgan fingerprint density at radius 1 is 1.23 bits per heavy atom. The van der Waals surface area contributed by atoms with Gasteiger partial charge in [-0.25, -0.2) is 0 Å². The van der Waals surface area contributed by atoms with Gasteiger partial charge in [0.25, 0.3) is 0 Å². The van der Waals surface area contributed by atoms with Crippen molar-refractivity contribution in [3.8, 4) is 5.75 Å². The summed E-state index contributed by atoms with van der Waals surface area (Å²) >= 11 is 0. The maximum Gasteiger partial charge on any atom is 0.142 e. The molecule has 1 saturated heterocycles. The summed E-state index contributed by atoms with van der Waals surface area (Å²) in [4.78, 5) is 2.44. The standard InChI is InChI=1S/C18H28N2O.CH4/c1-12-9-16(19)17(21-13-5-6-13)10-14(12)15-7-8-20(4)11-18(15,2)3;/h9-10,13,15H,5-8,11,19H2,1-4H3;1H4. The second-order valence-corrected chi connectivity index (χ2v) is 7.63. The van der Waals surface area contributed by atoms with Gasteiger partial charge >= 0.3 is 0 Å². The first-order chi connectivity index (χ1) is 9.87. The van der Waals surface area contributed by atoms with Crippen LogP contribution < -0.4 is 10.5 Å². The van der Waals surface area contributed by atoms with E-state index in [1.807, 2.05) is 0 Å². The Kier molecular flexibility index (Phi) is 4.76. The highest BCUT2D eigenvalue weighted by Crippen LogP contribution is 2.45. The van der Waals surface area contributed by atoms with E-state index in [9.17, 15) is 0 Å². The minimum Gasteiger partial charge on any atom is -0.488 e. The number of ether oxygens (including phenoxy) is 1. The Morgan fingerprint density at radius 3 is 2.50 bits per heavy atom. The number of nitrogens with zero attached hydrogens (tertiary/aromatic N) is 1. The summed E-state index contributed by atoms with van der Waals surface area (Å²) in [7, 11) is 2.22. The summed E-state index contributed by atoms with van der Waals surface area (Å²) in [5, 5.41) is 0. The summed E-state index contributed by atoms with van der Waals surface area (Å²) < 4.78 is 6.00. The predicted molar refractivity (Wildman–Crippen MR) is 94.6 cm³/mol. The lowest BCUT2D eigenvalue weighted by atomic mass is 9.69. The van der Waals surface area contributed by atoms with Gasteiger partial charge in [0.1, 0.15) is 5.75 Å². The van der Waals surface area contributed by atoms with Gasteiger partial charge in [0.05, 0.1) is 11.8 Å². The second-order valence-electron chi connectivity index (χ2n) is 7.63. The summed E-state index contributed by atoms with van der Waals surface area (Å²) in [6.45, 7) is 9.24. The highest BCUT2D eigenvalue weighted by Gasteiger charge is 2.36. The van der Waals surface area contributed by atoms with E-state index in [1.54, 1.807) is 0 Å². The van der Waals surface area contributed by atoms with Crippen molar-refractivity contribution in [2.75, 3.05) is 25.9 Å². The van der Waals surface area contributed by atoms with Gasteiger partial charge in [0, 0.05) is 6.54 Å². The molecular weight excluding hydrogens is 272 g/mol. The number of hydrogen-bond acceptors (Lipinski definition) is 3. The first-order valence-corrected chi connectivity index (χ1v) is 8.12. The number of rotatable bonds is 3. The Bertz CT molecular complexity index is 534. The molecule has 1 atom stereocenters. The minimum absolute atomic E-state index is 0. The fraction of sp³-hybridized carbons (Fsp3) is 0.684. The van der Waals surface area contributed by atoms with Crippen molar-refractivity contribution >= 4 is 5.69 Å². The monoisotopic (exact) mass is 304 g/mol. The van der Waals surface area contributed by atoms with Crippen molar-refractivity contribution in [2.45, 2.75) is 59.5 Å². The van der Waals surface area contributed by atoms with E-state index in [2.05, 4.69) is 44.9 Å². The average molecular weight is 304 g/mol. The third-order valence-electron chi connectivity index (χ3n) is 5.01. The van der Waals surface area contributed by atoms with Crippen LogP contribution in [0.3, 0.4) is 0 Å². The first-order valence-electron chi connectivity index (χ1n) is 8.12. The van der Waals surface area contributed by atoms with Gasteiger partial charge < -0.3 is 15.4 Å². The fourth-order valence-corrected chi connectivity index (χ4v) is 3.77. The number of nitrogen functional groups attached to an aromatic ring is 1. The Labute approximate surface area is 135 Å². The van der Waals surface area contributed by atoms with Crippen molar-refractivity contribution in [3.05, 3.63) is 23.3 Å². The van der Waals surface area contributed by atoms with Crippen LogP contribution in [0.2, 0.25) is 0 Å². The zero-order chi connectivity index (χ0) is 15.2. The molecule has 2 aliphatic rings. The lowest BCUT2D eigenvalue weighted by Gasteiger charge is -2.44. The normalized spacial score (nSPS) is 24.6. The number of nitrogens with two attached hydrogens (primary N) is 1. The van der Waals surface area contributed by atoms with Crippen molar-refractivity contribution in [1.82, 2.24) is 4.90 Å². The number of benzene rings is 1. The molecule has 1 heterocycles. The molecule has 0 amide bonds. The Hall–Kier alpha value is -1.22. The molecule has 1 aliphatic heterocycles. The molecule has 2 fully saturated rings. The molecule has 3 nitrogen and oxygen atoms in total. The highest BCUT2D eigenvalue weighted by atomic mass is 16.5. The first kappa shape index (κ1) is 17.1. The lowest BCUT2D eigenvalue weighted by molar-refractivity contribution is 0.114. The van der Waals surface area contributed by atoms with Crippen molar-refractivity contribution < 1.29 is 4.74 Å². The molecule has 1 aliphatic carbocycles. The third-order valence-corrected chi connectivity index (χ3v) is 5.01. The molecule has 0 bridgehead atoms. The predicted octanol–water partition coefficient (Wildman–Crippen LogP) is 4.20. The second kappa shape index (κ2) is 6.11. The zero-order valence-corrected chi connectivity index (χ0v) is 13.8. The molecule has 1 aromatic carbocycles. The topological polar surface area (TPSA) is 38.5 Å². The fourth-order valence-electron chi connectivity index (χ4n) is 3.77. The summed E-state index contributed by atoms with van der Waals surface area (Å²) in [6.07, 6.45) is 3.94. The summed E-state index contributed by atoms with van der Waals surface area (Å²) in [6, 6.07) is 4.32. The lowest BCUT2D eigenvalue weighted by Crippen LogP contribution is -2.42.